The predicted molar refractivity (Wildman–Crippen MR) is 129 cm³/mol. The summed E-state index contributed by atoms with van der Waals surface area (Å²) < 4.78 is 0. The van der Waals surface area contributed by atoms with Crippen molar-refractivity contribution in [1.29, 1.82) is 0 Å². The highest BCUT2D eigenvalue weighted by Gasteiger charge is 2.38. The summed E-state index contributed by atoms with van der Waals surface area (Å²) in [4.78, 5) is 40.7. The Labute approximate surface area is 200 Å². The van der Waals surface area contributed by atoms with Crippen molar-refractivity contribution in [3.63, 3.8) is 0 Å². The summed E-state index contributed by atoms with van der Waals surface area (Å²) in [5.41, 5.74) is 3.22. The molecule has 11 heteroatoms. The summed E-state index contributed by atoms with van der Waals surface area (Å²) in [7, 11) is 0. The van der Waals surface area contributed by atoms with Crippen LogP contribution in [0, 0.1) is 0 Å². The number of ketones is 1. The molecule has 1 amide bonds. The van der Waals surface area contributed by atoms with Gasteiger partial charge in [-0.3, -0.25) is 14.7 Å². The lowest BCUT2D eigenvalue weighted by Crippen LogP contribution is -2.40. The first-order valence-electron chi connectivity index (χ1n) is 11.8. The second-order valence-electron chi connectivity index (χ2n) is 9.18. The number of rotatable bonds is 6. The zero-order chi connectivity index (χ0) is 23.1. The predicted octanol–water partition coefficient (Wildman–Crippen LogP) is 3.33. The zero-order valence-electron chi connectivity index (χ0n) is 18.7. The van der Waals surface area contributed by atoms with Gasteiger partial charge in [0.25, 0.3) is 0 Å². The molecule has 6 rings (SSSR count). The normalized spacial score (nSPS) is 20.2. The van der Waals surface area contributed by atoms with E-state index in [2.05, 4.69) is 31.9 Å². The van der Waals surface area contributed by atoms with Gasteiger partial charge in [-0.05, 0) is 32.1 Å². The molecule has 0 spiro atoms. The Morgan fingerprint density at radius 3 is 2.88 bits per heavy atom. The minimum atomic E-state index is -0.664. The third kappa shape index (κ3) is 4.04. The average Bonchev–Trinajstić information content (AvgIpc) is 3.64. The Bertz CT molecular complexity index is 1220. The molecule has 0 radical (unpaired) electrons. The average molecular weight is 479 g/mol. The number of hydrogen-bond donors (Lipinski definition) is 3. The summed E-state index contributed by atoms with van der Waals surface area (Å²) in [6.07, 6.45) is 9.43. The molecule has 0 unspecified atom stereocenters. The van der Waals surface area contributed by atoms with E-state index in [1.54, 1.807) is 16.5 Å². The summed E-state index contributed by atoms with van der Waals surface area (Å²) >= 11 is 1.34. The first-order valence-corrected chi connectivity index (χ1v) is 12.7. The third-order valence-electron chi connectivity index (χ3n) is 6.93. The number of aryl methyl sites for hydroxylation is 1. The number of carbonyl (C=O) groups excluding carboxylic acids is 2. The number of nitrogens with zero attached hydrogens (tertiary/aromatic N) is 5. The molecule has 3 N–H and O–H groups in total. The Morgan fingerprint density at radius 1 is 1.18 bits per heavy atom. The summed E-state index contributed by atoms with van der Waals surface area (Å²) in [6, 6.07) is 1.41. The Balaban J connectivity index is 1.28. The zero-order valence-corrected chi connectivity index (χ0v) is 19.5. The van der Waals surface area contributed by atoms with Gasteiger partial charge in [-0.2, -0.15) is 10.1 Å². The molecule has 1 saturated heterocycles. The standard InChI is InChI=1S/C23H26N8O2S/c32-14-10-18(21(33)28-23-24-8-9-34-23)31(12-14)22-25-16-7-3-6-15(16)20(27-22)26-19-11-17(29-30-19)13-4-1-2-5-13/h8-9,11,13,18H,1-7,10,12H2,(H,24,28,33)(H2,25,26,27,29,30)/t18-/m0/s1. The van der Waals surface area contributed by atoms with Gasteiger partial charge in [-0.25, -0.2) is 9.97 Å². The number of hydrogen-bond acceptors (Lipinski definition) is 9. The quantitative estimate of drug-likeness (QED) is 0.492. The van der Waals surface area contributed by atoms with Crippen LogP contribution in [0.25, 0.3) is 0 Å². The number of carbonyl (C=O) groups is 2. The molecule has 2 fully saturated rings. The number of aromatic amines is 1. The van der Waals surface area contributed by atoms with Crippen LogP contribution in [0.2, 0.25) is 0 Å². The summed E-state index contributed by atoms with van der Waals surface area (Å²) in [5.74, 6) is 2.11. The van der Waals surface area contributed by atoms with Crippen LogP contribution in [-0.2, 0) is 22.4 Å². The molecule has 2 aliphatic carbocycles. The van der Waals surface area contributed by atoms with E-state index in [1.165, 1.54) is 37.0 Å². The van der Waals surface area contributed by atoms with Gasteiger partial charge in [0, 0.05) is 41.2 Å². The summed E-state index contributed by atoms with van der Waals surface area (Å²) in [6.45, 7) is 0.114. The van der Waals surface area contributed by atoms with E-state index in [1.807, 2.05) is 0 Å². The van der Waals surface area contributed by atoms with Gasteiger partial charge < -0.3 is 15.5 Å². The fourth-order valence-corrected chi connectivity index (χ4v) is 5.76. The van der Waals surface area contributed by atoms with Crippen molar-refractivity contribution in [2.45, 2.75) is 63.3 Å². The van der Waals surface area contributed by atoms with Crippen LogP contribution in [0.15, 0.2) is 17.6 Å². The van der Waals surface area contributed by atoms with E-state index in [4.69, 9.17) is 9.97 Å². The fourth-order valence-electron chi connectivity index (χ4n) is 5.23. The van der Waals surface area contributed by atoms with Crippen molar-refractivity contribution >= 4 is 45.7 Å². The van der Waals surface area contributed by atoms with Crippen molar-refractivity contribution in [3.05, 3.63) is 34.6 Å². The number of Topliss-reactive ketones (excluding diaryl/α,β-unsaturated/α-hetero) is 1. The monoisotopic (exact) mass is 478 g/mol. The molecule has 176 valence electrons. The molecule has 3 aromatic heterocycles. The highest BCUT2D eigenvalue weighted by Crippen LogP contribution is 2.35. The van der Waals surface area contributed by atoms with E-state index in [9.17, 15) is 9.59 Å². The minimum absolute atomic E-state index is 0.00796. The van der Waals surface area contributed by atoms with E-state index < -0.39 is 6.04 Å². The molecule has 1 aliphatic heterocycles. The first-order chi connectivity index (χ1) is 16.6. The van der Waals surface area contributed by atoms with Crippen molar-refractivity contribution in [2.75, 3.05) is 22.1 Å². The Hall–Kier alpha value is -3.34. The molecule has 34 heavy (non-hydrogen) atoms. The largest absolute Gasteiger partial charge is 0.323 e. The Morgan fingerprint density at radius 2 is 2.06 bits per heavy atom. The molecule has 3 aromatic rings. The number of aromatic nitrogens is 5. The van der Waals surface area contributed by atoms with Gasteiger partial charge in [0.15, 0.2) is 16.7 Å². The van der Waals surface area contributed by atoms with Gasteiger partial charge >= 0.3 is 0 Å². The number of H-pyrrole nitrogens is 1. The van der Waals surface area contributed by atoms with Gasteiger partial charge in [0.05, 0.1) is 12.2 Å². The van der Waals surface area contributed by atoms with Crippen LogP contribution in [-0.4, -0.2) is 49.4 Å². The van der Waals surface area contributed by atoms with Crippen molar-refractivity contribution < 1.29 is 9.59 Å². The number of nitrogens with one attached hydrogen (secondary N) is 3. The molecule has 10 nitrogen and oxygen atoms in total. The van der Waals surface area contributed by atoms with Crippen LogP contribution in [0.1, 0.15) is 61.4 Å². The fraction of sp³-hybridized carbons (Fsp3) is 0.478. The molecule has 1 saturated carbocycles. The van der Waals surface area contributed by atoms with E-state index >= 15 is 0 Å². The second kappa shape index (κ2) is 8.79. The lowest BCUT2D eigenvalue weighted by molar-refractivity contribution is -0.120. The maximum Gasteiger partial charge on any atom is 0.249 e. The van der Waals surface area contributed by atoms with E-state index in [0.29, 0.717) is 22.8 Å². The molecule has 0 bridgehead atoms. The Kier molecular flexibility index (Phi) is 5.48. The van der Waals surface area contributed by atoms with Crippen LogP contribution in [0.4, 0.5) is 22.7 Å². The number of fused-ring (bicyclic) bond motifs is 1. The lowest BCUT2D eigenvalue weighted by Gasteiger charge is -2.24. The molecular formula is C23H26N8O2S. The number of thiazole rings is 1. The van der Waals surface area contributed by atoms with Gasteiger partial charge in [0.1, 0.15) is 11.9 Å². The van der Waals surface area contributed by atoms with Crippen molar-refractivity contribution in [2.24, 2.45) is 0 Å². The van der Waals surface area contributed by atoms with E-state index in [-0.39, 0.29) is 24.7 Å². The number of anilines is 4. The third-order valence-corrected chi connectivity index (χ3v) is 7.61. The van der Waals surface area contributed by atoms with Crippen LogP contribution >= 0.6 is 11.3 Å². The first kappa shape index (κ1) is 21.2. The summed E-state index contributed by atoms with van der Waals surface area (Å²) in [5, 5.41) is 16.2. The lowest BCUT2D eigenvalue weighted by atomic mass is 10.0. The molecule has 1 atom stereocenters. The molecule has 4 heterocycles. The van der Waals surface area contributed by atoms with Crippen LogP contribution in [0.3, 0.4) is 0 Å². The molecule has 3 aliphatic rings. The van der Waals surface area contributed by atoms with Gasteiger partial charge in [0.2, 0.25) is 11.9 Å². The molecule has 0 aromatic carbocycles. The minimum Gasteiger partial charge on any atom is -0.323 e. The highest BCUT2D eigenvalue weighted by molar-refractivity contribution is 7.13. The van der Waals surface area contributed by atoms with Crippen LogP contribution < -0.4 is 15.5 Å². The van der Waals surface area contributed by atoms with Crippen LogP contribution in [0.5, 0.6) is 0 Å². The maximum atomic E-state index is 13.0. The van der Waals surface area contributed by atoms with Crippen molar-refractivity contribution in [3.8, 4) is 0 Å². The second-order valence-corrected chi connectivity index (χ2v) is 10.1. The number of amides is 1. The SMILES string of the molecule is O=C1C[C@@H](C(=O)Nc2nccs2)N(c2nc3c(c(Nc4cc(C5CCCC5)[nH]n4)n2)CCC3)C1. The molecular weight excluding hydrogens is 452 g/mol. The van der Waals surface area contributed by atoms with Gasteiger partial charge in [-0.1, -0.05) is 12.8 Å². The van der Waals surface area contributed by atoms with Crippen molar-refractivity contribution in [1.82, 2.24) is 25.1 Å². The van der Waals surface area contributed by atoms with E-state index in [0.717, 1.165) is 42.0 Å². The van der Waals surface area contributed by atoms with Gasteiger partial charge in [-0.15, -0.1) is 11.3 Å². The topological polar surface area (TPSA) is 129 Å². The highest BCUT2D eigenvalue weighted by atomic mass is 32.1. The maximum absolute atomic E-state index is 13.0. The smallest absolute Gasteiger partial charge is 0.249 e.